The molecule has 0 saturated heterocycles. The van der Waals surface area contributed by atoms with Crippen molar-refractivity contribution in [1.82, 2.24) is 20.2 Å². The van der Waals surface area contributed by atoms with Crippen LogP contribution in [0.5, 0.6) is 0 Å². The van der Waals surface area contributed by atoms with Gasteiger partial charge in [-0.2, -0.15) is 0 Å². The third kappa shape index (κ3) is 4.60. The Kier molecular flexibility index (Phi) is 6.02. The molecule has 0 aromatic carbocycles. The number of aliphatic carboxylic acids is 1. The summed E-state index contributed by atoms with van der Waals surface area (Å²) in [5.41, 5.74) is 0.636. The highest BCUT2D eigenvalue weighted by molar-refractivity contribution is 5.82. The lowest BCUT2D eigenvalue weighted by Crippen LogP contribution is -2.49. The van der Waals surface area contributed by atoms with Crippen LogP contribution in [0.15, 0.2) is 37.8 Å². The van der Waals surface area contributed by atoms with Crippen molar-refractivity contribution < 1.29 is 14.7 Å². The van der Waals surface area contributed by atoms with Gasteiger partial charge in [0, 0.05) is 31.4 Å². The van der Waals surface area contributed by atoms with Gasteiger partial charge in [-0.25, -0.2) is 14.6 Å². The fourth-order valence-electron chi connectivity index (χ4n) is 1.61. The molecular weight excluding hydrogens is 260 g/mol. The Morgan fingerprint density at radius 2 is 2.10 bits per heavy atom. The summed E-state index contributed by atoms with van der Waals surface area (Å²) in [4.78, 5) is 31.2. The first-order chi connectivity index (χ1) is 9.58. The zero-order chi connectivity index (χ0) is 15.0. The van der Waals surface area contributed by atoms with Gasteiger partial charge in [0.1, 0.15) is 6.04 Å². The largest absolute Gasteiger partial charge is 0.480 e. The van der Waals surface area contributed by atoms with E-state index in [2.05, 4.69) is 28.4 Å². The Balaban J connectivity index is 2.68. The summed E-state index contributed by atoms with van der Waals surface area (Å²) in [5.74, 6) is -1.11. The maximum absolute atomic E-state index is 12.0. The molecule has 0 fully saturated rings. The fourth-order valence-corrected chi connectivity index (χ4v) is 1.61. The molecule has 1 aromatic heterocycles. The van der Waals surface area contributed by atoms with E-state index < -0.39 is 18.0 Å². The quantitative estimate of drug-likeness (QED) is 0.612. The van der Waals surface area contributed by atoms with Crippen molar-refractivity contribution in [1.29, 1.82) is 0 Å². The zero-order valence-electron chi connectivity index (χ0n) is 11.1. The summed E-state index contributed by atoms with van der Waals surface area (Å²) in [6.07, 6.45) is 6.24. The zero-order valence-corrected chi connectivity index (χ0v) is 11.1. The van der Waals surface area contributed by atoms with Crippen molar-refractivity contribution in [3.63, 3.8) is 0 Å². The van der Waals surface area contributed by atoms with Crippen LogP contribution < -0.4 is 5.32 Å². The van der Waals surface area contributed by atoms with Crippen molar-refractivity contribution >= 4 is 12.0 Å². The number of hydrogen-bond donors (Lipinski definition) is 3. The first-order valence-corrected chi connectivity index (χ1v) is 6.05. The summed E-state index contributed by atoms with van der Waals surface area (Å²) >= 11 is 0. The van der Waals surface area contributed by atoms with Gasteiger partial charge in [-0.3, -0.25) is 0 Å². The number of H-pyrrole nitrogens is 1. The van der Waals surface area contributed by atoms with Crippen LogP contribution >= 0.6 is 0 Å². The van der Waals surface area contributed by atoms with Crippen molar-refractivity contribution in [3.8, 4) is 0 Å². The molecule has 1 rings (SSSR count). The van der Waals surface area contributed by atoms with E-state index >= 15 is 0 Å². The van der Waals surface area contributed by atoms with Crippen LogP contribution in [-0.4, -0.2) is 51.1 Å². The maximum atomic E-state index is 12.0. The number of carbonyl (C=O) groups excluding carboxylic acids is 1. The fraction of sp³-hybridized carbons (Fsp3) is 0.308. The van der Waals surface area contributed by atoms with Crippen LogP contribution in [0.25, 0.3) is 0 Å². The third-order valence-corrected chi connectivity index (χ3v) is 2.56. The minimum absolute atomic E-state index is 0.136. The Labute approximate surface area is 117 Å². The molecule has 1 atom stereocenters. The monoisotopic (exact) mass is 278 g/mol. The molecule has 0 radical (unpaired) electrons. The molecule has 0 spiro atoms. The molecule has 7 nitrogen and oxygen atoms in total. The number of aromatic nitrogens is 2. The summed E-state index contributed by atoms with van der Waals surface area (Å²) in [7, 11) is 0. The predicted octanol–water partition coefficient (Wildman–Crippen LogP) is 0.789. The van der Waals surface area contributed by atoms with Crippen molar-refractivity contribution in [2.24, 2.45) is 0 Å². The van der Waals surface area contributed by atoms with E-state index in [0.29, 0.717) is 18.8 Å². The molecule has 0 bridgehead atoms. The predicted molar refractivity (Wildman–Crippen MR) is 74.2 cm³/mol. The maximum Gasteiger partial charge on any atom is 0.326 e. The first-order valence-electron chi connectivity index (χ1n) is 6.05. The number of rotatable bonds is 8. The second-order valence-electron chi connectivity index (χ2n) is 4.10. The van der Waals surface area contributed by atoms with E-state index in [1.807, 2.05) is 0 Å². The molecule has 2 amide bonds. The highest BCUT2D eigenvalue weighted by atomic mass is 16.4. The topological polar surface area (TPSA) is 98.3 Å². The number of carboxylic acids is 1. The molecule has 1 aromatic rings. The molecule has 0 aliphatic rings. The van der Waals surface area contributed by atoms with E-state index in [-0.39, 0.29) is 6.42 Å². The highest BCUT2D eigenvalue weighted by Crippen LogP contribution is 2.01. The van der Waals surface area contributed by atoms with Crippen molar-refractivity contribution in [2.45, 2.75) is 12.5 Å². The van der Waals surface area contributed by atoms with E-state index in [9.17, 15) is 9.59 Å². The molecule has 0 aliphatic carbocycles. The summed E-state index contributed by atoms with van der Waals surface area (Å²) < 4.78 is 0. The van der Waals surface area contributed by atoms with E-state index in [0.717, 1.165) is 0 Å². The molecule has 20 heavy (non-hydrogen) atoms. The van der Waals surface area contributed by atoms with E-state index in [1.165, 1.54) is 17.4 Å². The standard InChI is InChI=1S/C13H18N4O3/c1-3-5-17(6-4-2)13(20)16-11(12(18)19)7-10-8-14-9-15-10/h3-4,8-9,11H,1-2,5-7H2,(H,14,15)(H,16,20)(H,18,19). The number of nitrogens with one attached hydrogen (secondary N) is 2. The molecule has 3 N–H and O–H groups in total. The molecule has 1 heterocycles. The lowest BCUT2D eigenvalue weighted by molar-refractivity contribution is -0.139. The normalized spacial score (nSPS) is 11.4. The van der Waals surface area contributed by atoms with Crippen molar-refractivity contribution in [3.05, 3.63) is 43.5 Å². The third-order valence-electron chi connectivity index (χ3n) is 2.56. The number of aromatic amines is 1. The lowest BCUT2D eigenvalue weighted by atomic mass is 10.1. The second-order valence-corrected chi connectivity index (χ2v) is 4.10. The number of carboxylic acid groups (broad SMARTS) is 1. The van der Waals surface area contributed by atoms with Gasteiger partial charge in [0.15, 0.2) is 0 Å². The van der Waals surface area contributed by atoms with Crippen LogP contribution in [0.2, 0.25) is 0 Å². The van der Waals surface area contributed by atoms with Gasteiger partial charge in [0.05, 0.1) is 6.33 Å². The number of nitrogens with zero attached hydrogens (tertiary/aromatic N) is 2. The van der Waals surface area contributed by atoms with Crippen LogP contribution in [-0.2, 0) is 11.2 Å². The molecular formula is C13H18N4O3. The number of carbonyl (C=O) groups is 2. The average Bonchev–Trinajstić information content (AvgIpc) is 2.90. The number of hydrogen-bond acceptors (Lipinski definition) is 3. The van der Waals surface area contributed by atoms with Crippen LogP contribution in [0.3, 0.4) is 0 Å². The van der Waals surface area contributed by atoms with Gasteiger partial charge in [-0.1, -0.05) is 12.2 Å². The Hall–Kier alpha value is -2.57. The number of imidazole rings is 1. The van der Waals surface area contributed by atoms with Crippen LogP contribution in [0.4, 0.5) is 4.79 Å². The Bertz CT molecular complexity index is 460. The molecule has 108 valence electrons. The number of amides is 2. The summed E-state index contributed by atoms with van der Waals surface area (Å²) in [5, 5.41) is 11.6. The van der Waals surface area contributed by atoms with Gasteiger partial charge in [0.2, 0.25) is 0 Å². The van der Waals surface area contributed by atoms with E-state index in [4.69, 9.17) is 5.11 Å². The van der Waals surface area contributed by atoms with Gasteiger partial charge < -0.3 is 20.3 Å². The van der Waals surface area contributed by atoms with Gasteiger partial charge >= 0.3 is 12.0 Å². The first kappa shape index (κ1) is 15.5. The Morgan fingerprint density at radius 1 is 1.45 bits per heavy atom. The van der Waals surface area contributed by atoms with Crippen LogP contribution in [0, 0.1) is 0 Å². The van der Waals surface area contributed by atoms with Crippen LogP contribution in [0.1, 0.15) is 5.69 Å². The highest BCUT2D eigenvalue weighted by Gasteiger charge is 2.23. The smallest absolute Gasteiger partial charge is 0.326 e. The number of urea groups is 1. The van der Waals surface area contributed by atoms with Gasteiger partial charge in [-0.05, 0) is 0 Å². The van der Waals surface area contributed by atoms with E-state index in [1.54, 1.807) is 12.2 Å². The van der Waals surface area contributed by atoms with Crippen molar-refractivity contribution in [2.75, 3.05) is 13.1 Å². The molecule has 0 saturated carbocycles. The van der Waals surface area contributed by atoms with Gasteiger partial charge in [-0.15, -0.1) is 13.2 Å². The minimum Gasteiger partial charge on any atom is -0.480 e. The Morgan fingerprint density at radius 3 is 2.55 bits per heavy atom. The minimum atomic E-state index is -1.11. The SMILES string of the molecule is C=CCN(CC=C)C(=O)NC(Cc1cnc[nH]1)C(=O)O. The molecule has 1 unspecified atom stereocenters. The molecule has 0 aliphatic heterocycles. The summed E-state index contributed by atoms with van der Waals surface area (Å²) in [6, 6.07) is -1.50. The molecule has 7 heteroatoms. The lowest BCUT2D eigenvalue weighted by Gasteiger charge is -2.22. The second kappa shape index (κ2) is 7.78. The summed E-state index contributed by atoms with van der Waals surface area (Å²) in [6.45, 7) is 7.74. The van der Waals surface area contributed by atoms with Gasteiger partial charge in [0.25, 0.3) is 0 Å². The average molecular weight is 278 g/mol.